The van der Waals surface area contributed by atoms with E-state index in [-0.39, 0.29) is 0 Å². The summed E-state index contributed by atoms with van der Waals surface area (Å²) in [6, 6.07) is 1.62. The van der Waals surface area contributed by atoms with Crippen LogP contribution in [0.3, 0.4) is 0 Å². The summed E-state index contributed by atoms with van der Waals surface area (Å²) in [5, 5.41) is 7.63. The maximum Gasteiger partial charge on any atom is 0.0192 e. The molecule has 3 fully saturated rings. The third-order valence-electron chi connectivity index (χ3n) is 4.77. The van der Waals surface area contributed by atoms with Crippen LogP contribution in [0, 0.1) is 11.8 Å². The molecule has 0 amide bonds. The first-order valence-electron chi connectivity index (χ1n) is 7.90. The summed E-state index contributed by atoms with van der Waals surface area (Å²) in [6.45, 7) is 2.46. The normalized spacial score (nSPS) is 31.2. The second kappa shape index (κ2) is 5.71. The smallest absolute Gasteiger partial charge is 0.0192 e. The van der Waals surface area contributed by atoms with Crippen LogP contribution in [0.5, 0.6) is 0 Å². The van der Waals surface area contributed by atoms with Crippen molar-refractivity contribution < 1.29 is 0 Å². The lowest BCUT2D eigenvalue weighted by Crippen LogP contribution is -2.44. The first-order chi connectivity index (χ1) is 8.43. The Kier molecular flexibility index (Phi) is 4.02. The summed E-state index contributed by atoms with van der Waals surface area (Å²) in [4.78, 5) is 0. The molecule has 2 saturated carbocycles. The van der Waals surface area contributed by atoms with Gasteiger partial charge in [-0.25, -0.2) is 0 Å². The van der Waals surface area contributed by atoms with E-state index in [4.69, 9.17) is 0 Å². The highest BCUT2D eigenvalue weighted by Gasteiger charge is 2.41. The highest BCUT2D eigenvalue weighted by atomic mass is 15.0. The Morgan fingerprint density at radius 1 is 0.882 bits per heavy atom. The Morgan fingerprint density at radius 2 is 1.59 bits per heavy atom. The molecule has 2 heteroatoms. The van der Waals surface area contributed by atoms with Gasteiger partial charge < -0.3 is 10.6 Å². The average molecular weight is 236 g/mol. The summed E-state index contributed by atoms with van der Waals surface area (Å²) in [5.74, 6) is 2.08. The number of nitrogens with one attached hydrogen (secondary N) is 2. The maximum absolute atomic E-state index is 3.90. The molecule has 0 bridgehead atoms. The number of rotatable bonds is 5. The zero-order valence-corrected chi connectivity index (χ0v) is 11.1. The zero-order valence-electron chi connectivity index (χ0n) is 11.1. The van der Waals surface area contributed by atoms with E-state index in [1.807, 2.05) is 0 Å². The standard InChI is InChI=1S/C15H28N2/c1-2-4-10-16-14(5-3-1)11-17-15(12-6-7-12)13-8-9-13/h12-17H,1-11H2. The second-order valence-electron chi connectivity index (χ2n) is 6.46. The molecule has 98 valence electrons. The Labute approximate surface area is 106 Å². The fourth-order valence-corrected chi connectivity index (χ4v) is 3.36. The molecule has 3 aliphatic rings. The van der Waals surface area contributed by atoms with Gasteiger partial charge in [-0.3, -0.25) is 0 Å². The molecule has 1 saturated heterocycles. The highest BCUT2D eigenvalue weighted by molar-refractivity contribution is 4.96. The van der Waals surface area contributed by atoms with E-state index in [9.17, 15) is 0 Å². The van der Waals surface area contributed by atoms with Crippen LogP contribution in [0.2, 0.25) is 0 Å². The van der Waals surface area contributed by atoms with E-state index in [0.29, 0.717) is 0 Å². The van der Waals surface area contributed by atoms with Crippen LogP contribution in [0.15, 0.2) is 0 Å². The summed E-state index contributed by atoms with van der Waals surface area (Å²) < 4.78 is 0. The van der Waals surface area contributed by atoms with E-state index in [2.05, 4.69) is 10.6 Å². The van der Waals surface area contributed by atoms with E-state index in [0.717, 1.165) is 23.9 Å². The van der Waals surface area contributed by atoms with Crippen molar-refractivity contribution in [2.24, 2.45) is 11.8 Å². The van der Waals surface area contributed by atoms with Gasteiger partial charge >= 0.3 is 0 Å². The molecule has 17 heavy (non-hydrogen) atoms. The molecular formula is C15H28N2. The summed E-state index contributed by atoms with van der Waals surface area (Å²) in [6.07, 6.45) is 13.0. The van der Waals surface area contributed by atoms with Crippen LogP contribution >= 0.6 is 0 Å². The van der Waals surface area contributed by atoms with E-state index >= 15 is 0 Å². The molecule has 1 heterocycles. The molecule has 0 radical (unpaired) electrons. The topological polar surface area (TPSA) is 24.1 Å². The predicted octanol–water partition coefficient (Wildman–Crippen LogP) is 2.69. The van der Waals surface area contributed by atoms with Crippen molar-refractivity contribution in [2.45, 2.75) is 69.9 Å². The highest BCUT2D eigenvalue weighted by Crippen LogP contribution is 2.44. The third kappa shape index (κ3) is 3.69. The van der Waals surface area contributed by atoms with Crippen LogP contribution < -0.4 is 10.6 Å². The van der Waals surface area contributed by atoms with Crippen molar-refractivity contribution in [1.82, 2.24) is 10.6 Å². The summed E-state index contributed by atoms with van der Waals surface area (Å²) >= 11 is 0. The Hall–Kier alpha value is -0.0800. The van der Waals surface area contributed by atoms with Gasteiger partial charge in [-0.1, -0.05) is 19.3 Å². The molecule has 1 unspecified atom stereocenters. The first kappa shape index (κ1) is 12.0. The van der Waals surface area contributed by atoms with Gasteiger partial charge in [0.25, 0.3) is 0 Å². The van der Waals surface area contributed by atoms with Crippen LogP contribution in [0.1, 0.15) is 57.8 Å². The minimum Gasteiger partial charge on any atom is -0.313 e. The molecule has 1 aliphatic heterocycles. The third-order valence-corrected chi connectivity index (χ3v) is 4.77. The molecule has 3 rings (SSSR count). The van der Waals surface area contributed by atoms with Gasteiger partial charge in [0.15, 0.2) is 0 Å². The molecule has 0 aromatic rings. The summed E-state index contributed by atoms with van der Waals surface area (Å²) in [7, 11) is 0. The number of hydrogen-bond acceptors (Lipinski definition) is 2. The largest absolute Gasteiger partial charge is 0.313 e. The second-order valence-corrected chi connectivity index (χ2v) is 6.46. The lowest BCUT2D eigenvalue weighted by atomic mass is 10.0. The van der Waals surface area contributed by atoms with E-state index in [1.54, 1.807) is 0 Å². The van der Waals surface area contributed by atoms with Crippen molar-refractivity contribution in [3.63, 3.8) is 0 Å². The Morgan fingerprint density at radius 3 is 2.29 bits per heavy atom. The fourth-order valence-electron chi connectivity index (χ4n) is 3.36. The minimum absolute atomic E-state index is 0.746. The van der Waals surface area contributed by atoms with Gasteiger partial charge in [0.05, 0.1) is 0 Å². The van der Waals surface area contributed by atoms with E-state index < -0.39 is 0 Å². The average Bonchev–Trinajstić information content (AvgIpc) is 3.14. The van der Waals surface area contributed by atoms with Crippen LogP contribution in [-0.4, -0.2) is 25.2 Å². The van der Waals surface area contributed by atoms with Gasteiger partial charge in [0, 0.05) is 18.6 Å². The lowest BCUT2D eigenvalue weighted by Gasteiger charge is -2.25. The lowest BCUT2D eigenvalue weighted by molar-refractivity contribution is 0.350. The quantitative estimate of drug-likeness (QED) is 0.767. The van der Waals surface area contributed by atoms with Gasteiger partial charge in [-0.2, -0.15) is 0 Å². The van der Waals surface area contributed by atoms with Gasteiger partial charge in [0.1, 0.15) is 0 Å². The molecule has 0 aromatic carbocycles. The fraction of sp³-hybridized carbons (Fsp3) is 1.00. The minimum atomic E-state index is 0.746. The van der Waals surface area contributed by atoms with Crippen LogP contribution in [-0.2, 0) is 0 Å². The van der Waals surface area contributed by atoms with Gasteiger partial charge in [0.2, 0.25) is 0 Å². The maximum atomic E-state index is 3.90. The first-order valence-corrected chi connectivity index (χ1v) is 7.90. The van der Waals surface area contributed by atoms with Crippen LogP contribution in [0.4, 0.5) is 0 Å². The SMILES string of the molecule is C1CCCC(CNC(C2CC2)C2CC2)NCC1. The van der Waals surface area contributed by atoms with Crippen LogP contribution in [0.25, 0.3) is 0 Å². The van der Waals surface area contributed by atoms with Crippen molar-refractivity contribution >= 4 is 0 Å². The monoisotopic (exact) mass is 236 g/mol. The molecular weight excluding hydrogens is 208 g/mol. The molecule has 2 nitrogen and oxygen atoms in total. The number of hydrogen-bond donors (Lipinski definition) is 2. The van der Waals surface area contributed by atoms with Crippen molar-refractivity contribution in [1.29, 1.82) is 0 Å². The van der Waals surface area contributed by atoms with Crippen molar-refractivity contribution in [3.8, 4) is 0 Å². The molecule has 0 aromatic heterocycles. The Bertz CT molecular complexity index is 213. The predicted molar refractivity (Wildman–Crippen MR) is 72.1 cm³/mol. The molecule has 2 N–H and O–H groups in total. The molecule has 2 aliphatic carbocycles. The summed E-state index contributed by atoms with van der Waals surface area (Å²) in [5.41, 5.74) is 0. The van der Waals surface area contributed by atoms with Crippen molar-refractivity contribution in [3.05, 3.63) is 0 Å². The van der Waals surface area contributed by atoms with Gasteiger partial charge in [-0.05, 0) is 56.9 Å². The Balaban J connectivity index is 1.41. The van der Waals surface area contributed by atoms with Gasteiger partial charge in [-0.15, -0.1) is 0 Å². The zero-order chi connectivity index (χ0) is 11.5. The van der Waals surface area contributed by atoms with E-state index in [1.165, 1.54) is 70.9 Å². The molecule has 0 spiro atoms. The van der Waals surface area contributed by atoms with Crippen molar-refractivity contribution in [2.75, 3.05) is 13.1 Å². The molecule has 1 atom stereocenters.